The monoisotopic (exact) mass is 236 g/mol. The summed E-state index contributed by atoms with van der Waals surface area (Å²) in [6, 6.07) is 3.97. The first-order chi connectivity index (χ1) is 8.29. The lowest BCUT2D eigenvalue weighted by molar-refractivity contribution is 0.0674. The van der Waals surface area contributed by atoms with Gasteiger partial charge in [-0.1, -0.05) is 0 Å². The summed E-state index contributed by atoms with van der Waals surface area (Å²) in [5.74, 6) is 0.862. The molecule has 1 saturated heterocycles. The van der Waals surface area contributed by atoms with Crippen molar-refractivity contribution < 1.29 is 9.47 Å². The highest BCUT2D eigenvalue weighted by molar-refractivity contribution is 5.29. The highest BCUT2D eigenvalue weighted by atomic mass is 16.5. The molecule has 0 aromatic carbocycles. The van der Waals surface area contributed by atoms with E-state index in [9.17, 15) is 0 Å². The summed E-state index contributed by atoms with van der Waals surface area (Å²) in [5.41, 5.74) is 1.98. The van der Waals surface area contributed by atoms with Gasteiger partial charge in [0.25, 0.3) is 0 Å². The molecule has 0 spiro atoms. The van der Waals surface area contributed by atoms with Crippen molar-refractivity contribution in [2.75, 3.05) is 20.3 Å². The number of rotatable bonds is 5. The molecular weight excluding hydrogens is 216 g/mol. The Balaban J connectivity index is 1.98. The Morgan fingerprint density at radius 3 is 3.12 bits per heavy atom. The van der Waals surface area contributed by atoms with Crippen LogP contribution in [0.2, 0.25) is 0 Å². The smallest absolute Gasteiger partial charge is 0.142 e. The Labute approximate surface area is 102 Å². The summed E-state index contributed by atoms with van der Waals surface area (Å²) in [6.45, 7) is 4.20. The number of hydrogen-bond donors (Lipinski definition) is 1. The van der Waals surface area contributed by atoms with E-state index >= 15 is 0 Å². The third kappa shape index (κ3) is 3.41. The van der Waals surface area contributed by atoms with Crippen molar-refractivity contribution in [3.63, 3.8) is 0 Å². The van der Waals surface area contributed by atoms with Crippen LogP contribution in [0.15, 0.2) is 12.1 Å². The van der Waals surface area contributed by atoms with Gasteiger partial charge in [-0.05, 0) is 38.9 Å². The molecule has 0 saturated carbocycles. The quantitative estimate of drug-likeness (QED) is 0.844. The first kappa shape index (κ1) is 12.3. The van der Waals surface area contributed by atoms with Gasteiger partial charge in [0.2, 0.25) is 0 Å². The van der Waals surface area contributed by atoms with E-state index in [2.05, 4.69) is 10.3 Å². The zero-order valence-electron chi connectivity index (χ0n) is 10.5. The third-order valence-electron chi connectivity index (χ3n) is 2.86. The van der Waals surface area contributed by atoms with Crippen molar-refractivity contribution in [1.29, 1.82) is 0 Å². The standard InChI is InChI=1S/C13H20N2O2/c1-10-5-6-13(12(15-10)8-14-2)17-9-11-4-3-7-16-11/h5-6,11,14H,3-4,7-9H2,1-2H3. The molecule has 1 aromatic heterocycles. The molecule has 0 amide bonds. The van der Waals surface area contributed by atoms with Crippen LogP contribution in [0.1, 0.15) is 24.2 Å². The lowest BCUT2D eigenvalue weighted by Gasteiger charge is -2.14. The minimum atomic E-state index is 0.249. The summed E-state index contributed by atoms with van der Waals surface area (Å²) in [4.78, 5) is 4.48. The number of ether oxygens (including phenoxy) is 2. The van der Waals surface area contributed by atoms with Crippen LogP contribution in [-0.4, -0.2) is 31.3 Å². The lowest BCUT2D eigenvalue weighted by Crippen LogP contribution is -2.18. The first-order valence-corrected chi connectivity index (χ1v) is 6.15. The van der Waals surface area contributed by atoms with Gasteiger partial charge in [-0.15, -0.1) is 0 Å². The van der Waals surface area contributed by atoms with Gasteiger partial charge in [0.05, 0.1) is 11.8 Å². The van der Waals surface area contributed by atoms with E-state index in [1.807, 2.05) is 26.1 Å². The van der Waals surface area contributed by atoms with Crippen LogP contribution >= 0.6 is 0 Å². The predicted octanol–water partition coefficient (Wildman–Crippen LogP) is 1.67. The molecule has 4 heteroatoms. The Morgan fingerprint density at radius 2 is 2.41 bits per heavy atom. The Hall–Kier alpha value is -1.13. The van der Waals surface area contributed by atoms with Crippen LogP contribution in [0.25, 0.3) is 0 Å². The van der Waals surface area contributed by atoms with E-state index in [0.717, 1.165) is 43.1 Å². The molecule has 1 aliphatic rings. The summed E-state index contributed by atoms with van der Waals surface area (Å²) >= 11 is 0. The van der Waals surface area contributed by atoms with Crippen LogP contribution in [0.5, 0.6) is 5.75 Å². The summed E-state index contributed by atoms with van der Waals surface area (Å²) < 4.78 is 11.3. The van der Waals surface area contributed by atoms with Crippen LogP contribution in [0, 0.1) is 6.92 Å². The Kier molecular flexibility index (Phi) is 4.34. The number of pyridine rings is 1. The molecule has 2 rings (SSSR count). The predicted molar refractivity (Wildman–Crippen MR) is 66.2 cm³/mol. The van der Waals surface area contributed by atoms with Gasteiger partial charge in [0.15, 0.2) is 0 Å². The van der Waals surface area contributed by atoms with Crippen molar-refractivity contribution in [2.24, 2.45) is 0 Å². The van der Waals surface area contributed by atoms with Gasteiger partial charge in [-0.3, -0.25) is 4.98 Å². The first-order valence-electron chi connectivity index (χ1n) is 6.15. The second-order valence-corrected chi connectivity index (χ2v) is 4.37. The van der Waals surface area contributed by atoms with Crippen molar-refractivity contribution in [3.05, 3.63) is 23.5 Å². The second kappa shape index (κ2) is 5.98. The summed E-state index contributed by atoms with van der Waals surface area (Å²) in [5, 5.41) is 3.11. The average molecular weight is 236 g/mol. The molecule has 1 aliphatic heterocycles. The molecule has 2 heterocycles. The lowest BCUT2D eigenvalue weighted by atomic mass is 10.2. The number of aromatic nitrogens is 1. The van der Waals surface area contributed by atoms with E-state index in [1.54, 1.807) is 0 Å². The normalized spacial score (nSPS) is 19.5. The maximum atomic E-state index is 5.80. The Morgan fingerprint density at radius 1 is 1.53 bits per heavy atom. The van der Waals surface area contributed by atoms with Gasteiger partial charge in [0, 0.05) is 18.8 Å². The SMILES string of the molecule is CNCc1nc(C)ccc1OCC1CCCO1. The fraction of sp³-hybridized carbons (Fsp3) is 0.615. The molecule has 0 aliphatic carbocycles. The molecule has 1 unspecified atom stereocenters. The average Bonchev–Trinajstić information content (AvgIpc) is 2.81. The second-order valence-electron chi connectivity index (χ2n) is 4.37. The molecule has 1 fully saturated rings. The highest BCUT2D eigenvalue weighted by Crippen LogP contribution is 2.19. The van der Waals surface area contributed by atoms with Crippen LogP contribution < -0.4 is 10.1 Å². The minimum Gasteiger partial charge on any atom is -0.489 e. The van der Waals surface area contributed by atoms with E-state index in [-0.39, 0.29) is 6.10 Å². The molecule has 1 N–H and O–H groups in total. The molecule has 0 bridgehead atoms. The zero-order valence-corrected chi connectivity index (χ0v) is 10.5. The van der Waals surface area contributed by atoms with Crippen molar-refractivity contribution in [2.45, 2.75) is 32.4 Å². The maximum Gasteiger partial charge on any atom is 0.142 e. The molecule has 0 radical (unpaired) electrons. The van der Waals surface area contributed by atoms with Gasteiger partial charge in [0.1, 0.15) is 12.4 Å². The van der Waals surface area contributed by atoms with Crippen molar-refractivity contribution in [1.82, 2.24) is 10.3 Å². The zero-order chi connectivity index (χ0) is 12.1. The number of nitrogens with zero attached hydrogens (tertiary/aromatic N) is 1. The molecular formula is C13H20N2O2. The molecule has 1 aromatic rings. The largest absolute Gasteiger partial charge is 0.489 e. The topological polar surface area (TPSA) is 43.4 Å². The summed E-state index contributed by atoms with van der Waals surface area (Å²) in [7, 11) is 1.91. The highest BCUT2D eigenvalue weighted by Gasteiger charge is 2.16. The Bertz CT molecular complexity index is 362. The van der Waals surface area contributed by atoms with Gasteiger partial charge < -0.3 is 14.8 Å². The number of hydrogen-bond acceptors (Lipinski definition) is 4. The fourth-order valence-corrected chi connectivity index (χ4v) is 1.98. The van der Waals surface area contributed by atoms with Crippen LogP contribution in [0.4, 0.5) is 0 Å². The van der Waals surface area contributed by atoms with E-state index in [4.69, 9.17) is 9.47 Å². The van der Waals surface area contributed by atoms with Gasteiger partial charge in [-0.25, -0.2) is 0 Å². The number of nitrogens with one attached hydrogen (secondary N) is 1. The summed E-state index contributed by atoms with van der Waals surface area (Å²) in [6.07, 6.45) is 2.49. The molecule has 1 atom stereocenters. The molecule has 17 heavy (non-hydrogen) atoms. The molecule has 4 nitrogen and oxygen atoms in total. The van der Waals surface area contributed by atoms with Crippen molar-refractivity contribution >= 4 is 0 Å². The van der Waals surface area contributed by atoms with Gasteiger partial charge >= 0.3 is 0 Å². The third-order valence-corrected chi connectivity index (χ3v) is 2.86. The van der Waals surface area contributed by atoms with E-state index < -0.39 is 0 Å². The maximum absolute atomic E-state index is 5.80. The molecule has 94 valence electrons. The van der Waals surface area contributed by atoms with Gasteiger partial charge in [-0.2, -0.15) is 0 Å². The van der Waals surface area contributed by atoms with Crippen LogP contribution in [0.3, 0.4) is 0 Å². The fourth-order valence-electron chi connectivity index (χ4n) is 1.98. The van der Waals surface area contributed by atoms with Crippen LogP contribution in [-0.2, 0) is 11.3 Å². The number of aryl methyl sites for hydroxylation is 1. The minimum absolute atomic E-state index is 0.249. The van der Waals surface area contributed by atoms with E-state index in [1.165, 1.54) is 0 Å². The van der Waals surface area contributed by atoms with E-state index in [0.29, 0.717) is 6.61 Å². The van der Waals surface area contributed by atoms with Crippen molar-refractivity contribution in [3.8, 4) is 5.75 Å².